The predicted molar refractivity (Wildman–Crippen MR) is 85.2 cm³/mol. The van der Waals surface area contributed by atoms with Crippen molar-refractivity contribution in [1.82, 2.24) is 10.2 Å². The van der Waals surface area contributed by atoms with Crippen molar-refractivity contribution in [2.24, 2.45) is 0 Å². The Labute approximate surface area is 126 Å². The summed E-state index contributed by atoms with van der Waals surface area (Å²) in [6.07, 6.45) is 7.44. The zero-order valence-electron chi connectivity index (χ0n) is 12.4. The second-order valence-corrected chi connectivity index (χ2v) is 6.59. The smallest absolute Gasteiger partial charge is 0.222 e. The third kappa shape index (κ3) is 4.60. The van der Waals surface area contributed by atoms with E-state index in [0.717, 1.165) is 32.4 Å². The molecule has 1 amide bonds. The molecule has 1 atom stereocenters. The number of piperidine rings is 1. The molecule has 0 aromatic carbocycles. The molecule has 1 N–H and O–H groups in total. The highest BCUT2D eigenvalue weighted by Gasteiger charge is 2.25. The molecule has 1 aliphatic heterocycles. The predicted octanol–water partition coefficient (Wildman–Crippen LogP) is 3.06. The van der Waals surface area contributed by atoms with Gasteiger partial charge in [0.1, 0.15) is 0 Å². The van der Waals surface area contributed by atoms with Crippen molar-refractivity contribution < 1.29 is 4.79 Å². The largest absolute Gasteiger partial charge is 0.340 e. The standard InChI is InChI=1S/C16H26N2OS/c1-17-11-10-14-6-2-3-12-18(14)16(19)9-4-7-15-8-5-13-20-15/h5,8,13-14,17H,2-4,6-7,9-12H2,1H3. The summed E-state index contributed by atoms with van der Waals surface area (Å²) in [5.74, 6) is 0.363. The minimum atomic E-state index is 0.363. The fraction of sp³-hybridized carbons (Fsp3) is 0.688. The molecule has 0 saturated carbocycles. The van der Waals surface area contributed by atoms with E-state index >= 15 is 0 Å². The first-order chi connectivity index (χ1) is 9.81. The SMILES string of the molecule is CNCCC1CCCCN1C(=O)CCCc1cccs1. The average Bonchev–Trinajstić information content (AvgIpc) is 2.98. The minimum Gasteiger partial charge on any atom is -0.340 e. The van der Waals surface area contributed by atoms with Crippen molar-refractivity contribution in [2.75, 3.05) is 20.1 Å². The number of likely N-dealkylation sites (tertiary alicyclic amines) is 1. The summed E-state index contributed by atoms with van der Waals surface area (Å²) in [4.78, 5) is 15.9. The molecule has 2 heterocycles. The first kappa shape index (κ1) is 15.5. The lowest BCUT2D eigenvalue weighted by molar-refractivity contribution is -0.135. The number of hydrogen-bond donors (Lipinski definition) is 1. The van der Waals surface area contributed by atoms with Crippen LogP contribution in [0.4, 0.5) is 0 Å². The van der Waals surface area contributed by atoms with Crippen molar-refractivity contribution in [2.45, 2.75) is 51.0 Å². The second-order valence-electron chi connectivity index (χ2n) is 5.56. The molecular formula is C16H26N2OS. The van der Waals surface area contributed by atoms with Gasteiger partial charge < -0.3 is 10.2 Å². The van der Waals surface area contributed by atoms with Gasteiger partial charge in [0.2, 0.25) is 5.91 Å². The third-order valence-electron chi connectivity index (χ3n) is 4.07. The van der Waals surface area contributed by atoms with Gasteiger partial charge in [-0.25, -0.2) is 0 Å². The van der Waals surface area contributed by atoms with Crippen molar-refractivity contribution >= 4 is 17.2 Å². The van der Waals surface area contributed by atoms with Gasteiger partial charge in [-0.15, -0.1) is 11.3 Å². The van der Waals surface area contributed by atoms with Crippen molar-refractivity contribution in [3.8, 4) is 0 Å². The average molecular weight is 294 g/mol. The Morgan fingerprint density at radius 2 is 2.40 bits per heavy atom. The fourth-order valence-corrected chi connectivity index (χ4v) is 3.70. The lowest BCUT2D eigenvalue weighted by Gasteiger charge is -2.36. The summed E-state index contributed by atoms with van der Waals surface area (Å²) in [6, 6.07) is 4.71. The molecule has 4 heteroatoms. The van der Waals surface area contributed by atoms with Crippen molar-refractivity contribution in [1.29, 1.82) is 0 Å². The summed E-state index contributed by atoms with van der Waals surface area (Å²) in [5, 5.41) is 5.31. The van der Waals surface area contributed by atoms with E-state index in [4.69, 9.17) is 0 Å². The van der Waals surface area contributed by atoms with Crippen LogP contribution in [0.1, 0.15) is 43.4 Å². The topological polar surface area (TPSA) is 32.3 Å². The maximum Gasteiger partial charge on any atom is 0.222 e. The van der Waals surface area contributed by atoms with Crippen LogP contribution in [0.25, 0.3) is 0 Å². The summed E-state index contributed by atoms with van der Waals surface area (Å²) < 4.78 is 0. The molecule has 0 bridgehead atoms. The van der Waals surface area contributed by atoms with Crippen LogP contribution in [-0.2, 0) is 11.2 Å². The van der Waals surface area contributed by atoms with Crippen LogP contribution in [0.2, 0.25) is 0 Å². The molecule has 3 nitrogen and oxygen atoms in total. The molecule has 112 valence electrons. The van der Waals surface area contributed by atoms with E-state index in [0.29, 0.717) is 18.4 Å². The van der Waals surface area contributed by atoms with Crippen LogP contribution < -0.4 is 5.32 Å². The molecule has 1 aromatic heterocycles. The normalized spacial score (nSPS) is 19.2. The molecule has 20 heavy (non-hydrogen) atoms. The van der Waals surface area contributed by atoms with E-state index in [2.05, 4.69) is 27.7 Å². The molecule has 0 spiro atoms. The fourth-order valence-electron chi connectivity index (χ4n) is 2.95. The van der Waals surface area contributed by atoms with E-state index in [-0.39, 0.29) is 0 Å². The first-order valence-electron chi connectivity index (χ1n) is 7.77. The molecule has 1 aromatic rings. The van der Waals surface area contributed by atoms with E-state index in [9.17, 15) is 4.79 Å². The number of carbonyl (C=O) groups excluding carboxylic acids is 1. The number of thiophene rings is 1. The lowest BCUT2D eigenvalue weighted by Crippen LogP contribution is -2.44. The first-order valence-corrected chi connectivity index (χ1v) is 8.65. The zero-order chi connectivity index (χ0) is 14.2. The molecule has 1 aliphatic rings. The monoisotopic (exact) mass is 294 g/mol. The summed E-state index contributed by atoms with van der Waals surface area (Å²) in [6.45, 7) is 1.97. The van der Waals surface area contributed by atoms with E-state index in [1.165, 1.54) is 24.1 Å². The van der Waals surface area contributed by atoms with Gasteiger partial charge in [0.25, 0.3) is 0 Å². The van der Waals surface area contributed by atoms with Crippen LogP contribution in [-0.4, -0.2) is 37.0 Å². The number of carbonyl (C=O) groups is 1. The van der Waals surface area contributed by atoms with E-state index in [1.54, 1.807) is 11.3 Å². The number of rotatable bonds is 7. The molecule has 1 fully saturated rings. The third-order valence-corrected chi connectivity index (χ3v) is 5.01. The number of aryl methyl sites for hydroxylation is 1. The summed E-state index contributed by atoms with van der Waals surface area (Å²) >= 11 is 1.79. The highest BCUT2D eigenvalue weighted by atomic mass is 32.1. The highest BCUT2D eigenvalue weighted by molar-refractivity contribution is 7.09. The Kier molecular flexibility index (Phi) is 6.54. The van der Waals surface area contributed by atoms with Gasteiger partial charge in [0, 0.05) is 23.9 Å². The highest BCUT2D eigenvalue weighted by Crippen LogP contribution is 2.21. The molecule has 2 rings (SSSR count). The van der Waals surface area contributed by atoms with Gasteiger partial charge >= 0.3 is 0 Å². The Bertz CT molecular complexity index is 391. The van der Waals surface area contributed by atoms with Crippen LogP contribution in [0.3, 0.4) is 0 Å². The molecule has 0 aliphatic carbocycles. The maximum absolute atomic E-state index is 12.4. The number of hydrogen-bond acceptors (Lipinski definition) is 3. The van der Waals surface area contributed by atoms with Gasteiger partial charge in [-0.3, -0.25) is 4.79 Å². The van der Waals surface area contributed by atoms with Gasteiger partial charge in [0.15, 0.2) is 0 Å². The van der Waals surface area contributed by atoms with E-state index in [1.807, 2.05) is 7.05 Å². The van der Waals surface area contributed by atoms with Crippen LogP contribution in [0.5, 0.6) is 0 Å². The zero-order valence-corrected chi connectivity index (χ0v) is 13.3. The number of nitrogens with zero attached hydrogens (tertiary/aromatic N) is 1. The number of amides is 1. The lowest BCUT2D eigenvalue weighted by atomic mass is 9.98. The number of nitrogens with one attached hydrogen (secondary N) is 1. The quantitative estimate of drug-likeness (QED) is 0.838. The summed E-state index contributed by atoms with van der Waals surface area (Å²) in [7, 11) is 1.98. The van der Waals surface area contributed by atoms with Gasteiger partial charge in [-0.05, 0) is 63.6 Å². The van der Waals surface area contributed by atoms with Crippen LogP contribution in [0.15, 0.2) is 17.5 Å². The van der Waals surface area contributed by atoms with Crippen LogP contribution >= 0.6 is 11.3 Å². The van der Waals surface area contributed by atoms with Gasteiger partial charge in [-0.2, -0.15) is 0 Å². The molecule has 1 unspecified atom stereocenters. The van der Waals surface area contributed by atoms with Crippen LogP contribution in [0, 0.1) is 0 Å². The van der Waals surface area contributed by atoms with Crippen molar-refractivity contribution in [3.05, 3.63) is 22.4 Å². The maximum atomic E-state index is 12.4. The molecule has 1 saturated heterocycles. The van der Waals surface area contributed by atoms with Gasteiger partial charge in [-0.1, -0.05) is 6.07 Å². The van der Waals surface area contributed by atoms with Crippen molar-refractivity contribution in [3.63, 3.8) is 0 Å². The molecule has 0 radical (unpaired) electrons. The van der Waals surface area contributed by atoms with E-state index < -0.39 is 0 Å². The molecular weight excluding hydrogens is 268 g/mol. The Morgan fingerprint density at radius 1 is 1.50 bits per heavy atom. The summed E-state index contributed by atoms with van der Waals surface area (Å²) in [5.41, 5.74) is 0. The minimum absolute atomic E-state index is 0.363. The Hall–Kier alpha value is -0.870. The Balaban J connectivity index is 1.76. The Morgan fingerprint density at radius 3 is 3.15 bits per heavy atom. The second kappa shape index (κ2) is 8.42. The van der Waals surface area contributed by atoms with Gasteiger partial charge in [0.05, 0.1) is 0 Å².